The minimum atomic E-state index is -4.84. The third-order valence-corrected chi connectivity index (χ3v) is 8.96. The molecular weight excluding hydrogens is 603 g/mol. The normalized spacial score (nSPS) is 20.2. The molecule has 5 heterocycles. The molecule has 3 atom stereocenters. The number of carboxylic acids is 1. The molecule has 0 amide bonds. The zero-order chi connectivity index (χ0) is 32.6. The second-order valence-electron chi connectivity index (χ2n) is 11.8. The van der Waals surface area contributed by atoms with Gasteiger partial charge in [0.15, 0.2) is 0 Å². The predicted molar refractivity (Wildman–Crippen MR) is 162 cm³/mol. The van der Waals surface area contributed by atoms with Gasteiger partial charge >= 0.3 is 12.1 Å². The Balaban J connectivity index is 1.30. The number of rotatable bonds is 8. The maximum Gasteiger partial charge on any atom is 0.429 e. The number of nitrogens with two attached hydrogens (primary N) is 1. The summed E-state index contributed by atoms with van der Waals surface area (Å²) in [6, 6.07) is 7.01. The lowest BCUT2D eigenvalue weighted by Gasteiger charge is -2.43. The first-order valence-corrected chi connectivity index (χ1v) is 15.0. The number of nitrogen functional groups attached to an aromatic ring is 1. The van der Waals surface area contributed by atoms with Gasteiger partial charge in [-0.2, -0.15) is 28.2 Å². The van der Waals surface area contributed by atoms with Crippen LogP contribution in [0.15, 0.2) is 55.2 Å². The van der Waals surface area contributed by atoms with Gasteiger partial charge in [-0.1, -0.05) is 19.1 Å². The largest absolute Gasteiger partial charge is 0.480 e. The molecule has 12 nitrogen and oxygen atoms in total. The molecule has 242 valence electrons. The van der Waals surface area contributed by atoms with Crippen LogP contribution in [0.4, 0.5) is 24.9 Å². The fourth-order valence-corrected chi connectivity index (χ4v) is 6.69. The van der Waals surface area contributed by atoms with Crippen molar-refractivity contribution in [1.29, 1.82) is 0 Å². The van der Waals surface area contributed by atoms with Crippen molar-refractivity contribution >= 4 is 17.7 Å². The maximum atomic E-state index is 14.8. The molecule has 0 bridgehead atoms. The van der Waals surface area contributed by atoms with Crippen molar-refractivity contribution in [3.63, 3.8) is 0 Å². The summed E-state index contributed by atoms with van der Waals surface area (Å²) in [6.07, 6.45) is 1.55. The Hall–Kier alpha value is -4.79. The highest BCUT2D eigenvalue weighted by Crippen LogP contribution is 2.46. The lowest BCUT2D eigenvalue weighted by Crippen LogP contribution is -2.46. The molecule has 3 aromatic heterocycles. The molecule has 2 aliphatic heterocycles. The van der Waals surface area contributed by atoms with Gasteiger partial charge in [-0.05, 0) is 55.7 Å². The van der Waals surface area contributed by atoms with Crippen molar-refractivity contribution in [3.05, 3.63) is 66.5 Å². The number of piperidine rings is 1. The van der Waals surface area contributed by atoms with Crippen LogP contribution < -0.4 is 20.7 Å². The fourth-order valence-electron chi connectivity index (χ4n) is 6.69. The molecule has 4 aromatic rings. The van der Waals surface area contributed by atoms with Gasteiger partial charge in [0, 0.05) is 54.9 Å². The van der Waals surface area contributed by atoms with E-state index in [2.05, 4.69) is 30.4 Å². The number of alkyl halides is 3. The Kier molecular flexibility index (Phi) is 8.27. The van der Waals surface area contributed by atoms with Gasteiger partial charge in [-0.15, -0.1) is 0 Å². The number of anilines is 2. The third-order valence-electron chi connectivity index (χ3n) is 8.96. The van der Waals surface area contributed by atoms with Crippen molar-refractivity contribution in [2.75, 3.05) is 23.7 Å². The zero-order valence-electron chi connectivity index (χ0n) is 25.3. The molecule has 2 fully saturated rings. The molecule has 2 aliphatic rings. The van der Waals surface area contributed by atoms with Crippen molar-refractivity contribution in [1.82, 2.24) is 35.0 Å². The van der Waals surface area contributed by atoms with Crippen LogP contribution in [0.5, 0.6) is 5.88 Å². The van der Waals surface area contributed by atoms with Gasteiger partial charge in [0.05, 0.1) is 11.4 Å². The standard InChI is InChI=1S/C31H34F3N9O3/c1-3-24-30(14-22(38-24)28(44)45)7-10-42(11-8-30)25-13-26(40-29(35)39-25)46-27(31(32,33)34)21-5-4-19(20-15-36-17-37-16-20)12-23(21)43-9-6-18(2)41-43/h4-6,9,12-13,15-17,22,24,27,38H,3,7-8,10-11,14H2,1-2H3,(H,44,45)(H2,35,39,40)/t22?,24?,27-/m1/s1. The van der Waals surface area contributed by atoms with Gasteiger partial charge in [0.25, 0.3) is 0 Å². The molecule has 0 saturated carbocycles. The van der Waals surface area contributed by atoms with Crippen LogP contribution in [0.2, 0.25) is 0 Å². The monoisotopic (exact) mass is 637 g/mol. The molecule has 1 spiro atoms. The highest BCUT2D eigenvalue weighted by atomic mass is 19.4. The second kappa shape index (κ2) is 12.2. The Labute approximate surface area is 262 Å². The first-order valence-electron chi connectivity index (χ1n) is 15.0. The minimum absolute atomic E-state index is 0.0613. The zero-order valence-corrected chi connectivity index (χ0v) is 25.3. The fraction of sp³-hybridized carbons (Fsp3) is 0.419. The first kappa shape index (κ1) is 31.2. The van der Waals surface area contributed by atoms with Gasteiger partial charge < -0.3 is 25.8 Å². The summed E-state index contributed by atoms with van der Waals surface area (Å²) in [4.78, 5) is 30.0. The van der Waals surface area contributed by atoms with E-state index < -0.39 is 24.3 Å². The van der Waals surface area contributed by atoms with E-state index >= 15 is 0 Å². The first-order chi connectivity index (χ1) is 22.0. The average molecular weight is 638 g/mol. The summed E-state index contributed by atoms with van der Waals surface area (Å²) in [5.41, 5.74) is 7.64. The van der Waals surface area contributed by atoms with E-state index in [1.165, 1.54) is 23.1 Å². The van der Waals surface area contributed by atoms with E-state index in [-0.39, 0.29) is 34.5 Å². The van der Waals surface area contributed by atoms with Crippen LogP contribution in [-0.4, -0.2) is 72.1 Å². The third kappa shape index (κ3) is 6.18. The summed E-state index contributed by atoms with van der Waals surface area (Å²) in [5, 5.41) is 17.2. The van der Waals surface area contributed by atoms with Crippen molar-refractivity contribution in [2.45, 2.75) is 63.9 Å². The summed E-state index contributed by atoms with van der Waals surface area (Å²) in [6.45, 7) is 4.82. The van der Waals surface area contributed by atoms with E-state index in [0.29, 0.717) is 55.0 Å². The van der Waals surface area contributed by atoms with E-state index in [4.69, 9.17) is 10.5 Å². The van der Waals surface area contributed by atoms with Crippen molar-refractivity contribution in [3.8, 4) is 22.7 Å². The van der Waals surface area contributed by atoms with Gasteiger partial charge in [-0.25, -0.2) is 14.6 Å². The molecule has 0 aliphatic carbocycles. The number of aliphatic carboxylic acids is 1. The Morgan fingerprint density at radius 3 is 2.52 bits per heavy atom. The van der Waals surface area contributed by atoms with Gasteiger partial charge in [0.1, 0.15) is 18.2 Å². The molecule has 0 radical (unpaired) electrons. The summed E-state index contributed by atoms with van der Waals surface area (Å²) in [5.74, 6) is -1.07. The Morgan fingerprint density at radius 2 is 1.89 bits per heavy atom. The summed E-state index contributed by atoms with van der Waals surface area (Å²) >= 11 is 0. The number of ether oxygens (including phenoxy) is 1. The van der Waals surface area contributed by atoms with Crippen molar-refractivity contribution in [2.24, 2.45) is 5.41 Å². The van der Waals surface area contributed by atoms with E-state index in [0.717, 1.165) is 6.42 Å². The second-order valence-corrected chi connectivity index (χ2v) is 11.8. The highest BCUT2D eigenvalue weighted by Gasteiger charge is 2.50. The number of hydrogen-bond acceptors (Lipinski definition) is 10. The van der Waals surface area contributed by atoms with E-state index in [1.807, 2.05) is 11.8 Å². The van der Waals surface area contributed by atoms with E-state index in [1.54, 1.807) is 43.7 Å². The van der Waals surface area contributed by atoms with E-state index in [9.17, 15) is 23.1 Å². The lowest BCUT2D eigenvalue weighted by atomic mass is 9.71. The number of benzene rings is 1. The number of nitrogens with one attached hydrogen (secondary N) is 1. The molecule has 15 heteroatoms. The minimum Gasteiger partial charge on any atom is -0.480 e. The van der Waals surface area contributed by atoms with Crippen LogP contribution in [0, 0.1) is 12.3 Å². The van der Waals surface area contributed by atoms with Crippen LogP contribution >= 0.6 is 0 Å². The number of aromatic nitrogens is 6. The van der Waals surface area contributed by atoms with Crippen LogP contribution in [0.3, 0.4) is 0 Å². The van der Waals surface area contributed by atoms with Gasteiger partial charge in [0.2, 0.25) is 17.9 Å². The topological polar surface area (TPSA) is 157 Å². The molecule has 1 aromatic carbocycles. The SMILES string of the molecule is CCC1NC(C(=O)O)CC12CCN(c1cc(O[C@H](c3ccc(-c4cncnc4)cc3-n3ccc(C)n3)C(F)(F)F)nc(N)n1)CC2. The molecular formula is C31H34F3N9O3. The molecule has 2 unspecified atom stereocenters. The number of aryl methyl sites for hydroxylation is 1. The molecule has 4 N–H and O–H groups in total. The Morgan fingerprint density at radius 1 is 1.15 bits per heavy atom. The smallest absolute Gasteiger partial charge is 0.429 e. The number of carboxylic acid groups (broad SMARTS) is 1. The van der Waals surface area contributed by atoms with Gasteiger partial charge in [-0.3, -0.25) is 4.79 Å². The number of nitrogens with zero attached hydrogens (tertiary/aromatic N) is 7. The van der Waals surface area contributed by atoms with Crippen LogP contribution in [0.25, 0.3) is 16.8 Å². The van der Waals surface area contributed by atoms with Crippen molar-refractivity contribution < 1.29 is 27.8 Å². The molecule has 46 heavy (non-hydrogen) atoms. The summed E-state index contributed by atoms with van der Waals surface area (Å²) in [7, 11) is 0. The number of carbonyl (C=O) groups is 1. The lowest BCUT2D eigenvalue weighted by molar-refractivity contribution is -0.198. The Bertz CT molecular complexity index is 1710. The maximum absolute atomic E-state index is 14.8. The quantitative estimate of drug-likeness (QED) is 0.250. The molecule has 6 rings (SSSR count). The predicted octanol–water partition coefficient (Wildman–Crippen LogP) is 4.50. The summed E-state index contributed by atoms with van der Waals surface area (Å²) < 4.78 is 51.4. The van der Waals surface area contributed by atoms with Crippen LogP contribution in [0.1, 0.15) is 50.0 Å². The average Bonchev–Trinajstić information content (AvgIpc) is 3.63. The van der Waals surface area contributed by atoms with Crippen LogP contribution in [-0.2, 0) is 4.79 Å². The number of hydrogen-bond donors (Lipinski definition) is 3. The number of halogens is 3. The highest BCUT2D eigenvalue weighted by molar-refractivity contribution is 5.74. The molecule has 2 saturated heterocycles.